The van der Waals surface area contributed by atoms with Crippen LogP contribution in [0.5, 0.6) is 17.2 Å². The number of aliphatic hydroxyl groups excluding tert-OH is 1. The van der Waals surface area contributed by atoms with Crippen molar-refractivity contribution < 1.29 is 33.6 Å². The van der Waals surface area contributed by atoms with Gasteiger partial charge in [0.25, 0.3) is 0 Å². The largest absolute Gasteiger partial charge is 0.488 e. The first-order chi connectivity index (χ1) is 20.8. The third-order valence-corrected chi connectivity index (χ3v) is 8.34. The summed E-state index contributed by atoms with van der Waals surface area (Å²) in [6, 6.07) is 11.2. The Morgan fingerprint density at radius 2 is 1.88 bits per heavy atom. The van der Waals surface area contributed by atoms with Gasteiger partial charge in [-0.25, -0.2) is 0 Å². The lowest BCUT2D eigenvalue weighted by Gasteiger charge is -2.34. The molecule has 2 aromatic carbocycles. The van der Waals surface area contributed by atoms with Crippen molar-refractivity contribution in [3.05, 3.63) is 47.5 Å². The zero-order chi connectivity index (χ0) is 30.3. The van der Waals surface area contributed by atoms with Gasteiger partial charge in [-0.05, 0) is 49.9 Å². The molecule has 0 spiro atoms. The average Bonchev–Trinajstić information content (AvgIpc) is 3.48. The maximum Gasteiger partial charge on any atom is 0.231 e. The highest BCUT2D eigenvalue weighted by Gasteiger charge is 2.31. The number of benzene rings is 2. The Balaban J connectivity index is 1.30. The third-order valence-electron chi connectivity index (χ3n) is 8.34. The number of morpholine rings is 1. The van der Waals surface area contributed by atoms with Gasteiger partial charge in [-0.2, -0.15) is 0 Å². The number of nitrogens with one attached hydrogen (secondary N) is 1. The first-order valence-corrected chi connectivity index (χ1v) is 15.2. The van der Waals surface area contributed by atoms with Crippen molar-refractivity contribution in [1.29, 1.82) is 0 Å². The van der Waals surface area contributed by atoms with Crippen molar-refractivity contribution in [2.75, 3.05) is 71.7 Å². The molecular formula is C32H44N4O7. The Morgan fingerprint density at radius 3 is 2.67 bits per heavy atom. The van der Waals surface area contributed by atoms with Gasteiger partial charge in [0, 0.05) is 62.9 Å². The first-order valence-electron chi connectivity index (χ1n) is 15.2. The van der Waals surface area contributed by atoms with E-state index in [4.69, 9.17) is 18.9 Å². The Labute approximate surface area is 253 Å². The number of hydrogen-bond donors (Lipinski definition) is 2. The molecule has 43 heavy (non-hydrogen) atoms. The van der Waals surface area contributed by atoms with E-state index in [-0.39, 0.29) is 49.7 Å². The second kappa shape index (κ2) is 14.4. The van der Waals surface area contributed by atoms with Gasteiger partial charge in [-0.15, -0.1) is 0 Å². The van der Waals surface area contributed by atoms with E-state index in [1.54, 1.807) is 4.90 Å². The monoisotopic (exact) mass is 596 g/mol. The van der Waals surface area contributed by atoms with E-state index in [1.807, 2.05) is 50.4 Å². The number of rotatable bonds is 10. The number of likely N-dealkylation sites (N-methyl/N-ethyl adjacent to an activating group) is 1. The maximum atomic E-state index is 13.5. The Hall–Kier alpha value is -3.38. The number of fused-ring (bicyclic) bond motifs is 2. The molecule has 11 nitrogen and oxygen atoms in total. The molecule has 3 aliphatic rings. The second-order valence-electron chi connectivity index (χ2n) is 11.8. The van der Waals surface area contributed by atoms with Crippen molar-refractivity contribution in [1.82, 2.24) is 14.7 Å². The van der Waals surface area contributed by atoms with E-state index in [0.29, 0.717) is 62.8 Å². The van der Waals surface area contributed by atoms with Crippen LogP contribution in [0.1, 0.15) is 31.4 Å². The number of carbonyl (C=O) groups excluding carboxylic acids is 2. The van der Waals surface area contributed by atoms with Gasteiger partial charge >= 0.3 is 0 Å². The number of hydrogen-bond acceptors (Lipinski definition) is 9. The normalized spacial score (nSPS) is 21.4. The van der Waals surface area contributed by atoms with Crippen LogP contribution in [-0.2, 0) is 27.3 Å². The summed E-state index contributed by atoms with van der Waals surface area (Å²) in [5.74, 6) is 1.97. The number of carbonyl (C=O) groups is 2. The number of amides is 2. The molecule has 2 N–H and O–H groups in total. The SMILES string of the molecule is C[C@@H]1CN([C@@H](C)CO)C(=O)Cc2cc(NC(=O)CCN3CCOCC3)ccc2O[C@H]1CN(C)Cc1ccc2c(c1)OCO2. The minimum atomic E-state index is -0.327. The highest BCUT2D eigenvalue weighted by Crippen LogP contribution is 2.33. The van der Waals surface area contributed by atoms with Crippen LogP contribution in [-0.4, -0.2) is 110 Å². The highest BCUT2D eigenvalue weighted by atomic mass is 16.7. The summed E-state index contributed by atoms with van der Waals surface area (Å²) in [7, 11) is 2.04. The topological polar surface area (TPSA) is 113 Å². The fourth-order valence-corrected chi connectivity index (χ4v) is 5.76. The van der Waals surface area contributed by atoms with Gasteiger partial charge in [-0.1, -0.05) is 13.0 Å². The van der Waals surface area contributed by atoms with Crippen molar-refractivity contribution >= 4 is 17.5 Å². The molecule has 0 saturated carbocycles. The second-order valence-corrected chi connectivity index (χ2v) is 11.8. The highest BCUT2D eigenvalue weighted by molar-refractivity contribution is 5.91. The molecule has 2 amide bonds. The summed E-state index contributed by atoms with van der Waals surface area (Å²) in [6.07, 6.45) is 0.263. The van der Waals surface area contributed by atoms with E-state index < -0.39 is 0 Å². The summed E-state index contributed by atoms with van der Waals surface area (Å²) in [5, 5.41) is 12.9. The Morgan fingerprint density at radius 1 is 1.12 bits per heavy atom. The molecule has 0 unspecified atom stereocenters. The van der Waals surface area contributed by atoms with Crippen LogP contribution in [0.15, 0.2) is 36.4 Å². The standard InChI is InChI=1S/C32H44N4O7/c1-22-17-36(23(2)20-37)32(39)16-25-15-26(33-31(38)8-9-35-10-12-40-13-11-35)5-7-27(25)43-30(22)19-34(3)18-24-4-6-28-29(14-24)42-21-41-28/h4-7,14-15,22-23,30,37H,8-13,16-21H2,1-3H3,(H,33,38)/t22-,23+,30+/m1/s1. The van der Waals surface area contributed by atoms with E-state index in [2.05, 4.69) is 22.0 Å². The number of aliphatic hydroxyl groups is 1. The molecule has 0 bridgehead atoms. The molecule has 3 atom stereocenters. The summed E-state index contributed by atoms with van der Waals surface area (Å²) in [5.41, 5.74) is 2.44. The molecule has 234 valence electrons. The van der Waals surface area contributed by atoms with Crippen molar-refractivity contribution in [3.8, 4) is 17.2 Å². The summed E-state index contributed by atoms with van der Waals surface area (Å²) >= 11 is 0. The minimum Gasteiger partial charge on any atom is -0.488 e. The van der Waals surface area contributed by atoms with E-state index in [9.17, 15) is 14.7 Å². The summed E-state index contributed by atoms with van der Waals surface area (Å²) < 4.78 is 23.0. The van der Waals surface area contributed by atoms with Crippen LogP contribution in [0.4, 0.5) is 5.69 Å². The average molecular weight is 597 g/mol. The third kappa shape index (κ3) is 8.17. The molecule has 1 fully saturated rings. The van der Waals surface area contributed by atoms with Gasteiger partial charge in [0.1, 0.15) is 11.9 Å². The maximum absolute atomic E-state index is 13.5. The van der Waals surface area contributed by atoms with E-state index in [0.717, 1.165) is 30.2 Å². The van der Waals surface area contributed by atoms with Crippen LogP contribution in [0.25, 0.3) is 0 Å². The quantitative estimate of drug-likeness (QED) is 0.427. The van der Waals surface area contributed by atoms with E-state index >= 15 is 0 Å². The lowest BCUT2D eigenvalue weighted by molar-refractivity contribution is -0.134. The minimum absolute atomic E-state index is 0.0114. The predicted octanol–water partition coefficient (Wildman–Crippen LogP) is 2.36. The van der Waals surface area contributed by atoms with Crippen molar-refractivity contribution in [3.63, 3.8) is 0 Å². The molecule has 3 aliphatic heterocycles. The first kappa shape index (κ1) is 31.1. The molecule has 0 radical (unpaired) electrons. The smallest absolute Gasteiger partial charge is 0.231 e. The van der Waals surface area contributed by atoms with Gasteiger partial charge in [0.15, 0.2) is 11.5 Å². The van der Waals surface area contributed by atoms with Crippen molar-refractivity contribution in [2.24, 2.45) is 5.92 Å². The number of ether oxygens (including phenoxy) is 4. The van der Waals surface area contributed by atoms with Crippen LogP contribution in [0.2, 0.25) is 0 Å². The zero-order valence-electron chi connectivity index (χ0n) is 25.4. The molecule has 0 aliphatic carbocycles. The molecule has 0 aromatic heterocycles. The van der Waals surface area contributed by atoms with E-state index in [1.165, 1.54) is 0 Å². The molecule has 2 aromatic rings. The predicted molar refractivity (Wildman–Crippen MR) is 161 cm³/mol. The molecular weight excluding hydrogens is 552 g/mol. The van der Waals surface area contributed by atoms with Gasteiger partial charge < -0.3 is 34.3 Å². The van der Waals surface area contributed by atoms with Crippen LogP contribution >= 0.6 is 0 Å². The van der Waals surface area contributed by atoms with Crippen LogP contribution in [0.3, 0.4) is 0 Å². The van der Waals surface area contributed by atoms with Gasteiger partial charge in [0.2, 0.25) is 18.6 Å². The Kier molecular flexibility index (Phi) is 10.4. The molecule has 11 heteroatoms. The van der Waals surface area contributed by atoms with Gasteiger partial charge in [0.05, 0.1) is 32.3 Å². The fourth-order valence-electron chi connectivity index (χ4n) is 5.76. The lowest BCUT2D eigenvalue weighted by atomic mass is 10.0. The zero-order valence-corrected chi connectivity index (χ0v) is 25.4. The van der Waals surface area contributed by atoms with Crippen molar-refractivity contribution in [2.45, 2.75) is 45.4 Å². The number of nitrogens with zero attached hydrogens (tertiary/aromatic N) is 3. The summed E-state index contributed by atoms with van der Waals surface area (Å²) in [4.78, 5) is 32.4. The number of anilines is 1. The van der Waals surface area contributed by atoms with Crippen LogP contribution < -0.4 is 19.5 Å². The lowest BCUT2D eigenvalue weighted by Crippen LogP contribution is -2.47. The van der Waals surface area contributed by atoms with Crippen LogP contribution in [0, 0.1) is 5.92 Å². The molecule has 5 rings (SSSR count). The fraction of sp³-hybridized carbons (Fsp3) is 0.562. The Bertz CT molecular complexity index is 1270. The van der Waals surface area contributed by atoms with Gasteiger partial charge in [-0.3, -0.25) is 19.4 Å². The molecule has 3 heterocycles. The molecule has 1 saturated heterocycles. The summed E-state index contributed by atoms with van der Waals surface area (Å²) in [6.45, 7) is 9.54.